The average Bonchev–Trinajstić information content (AvgIpc) is 4.01. The Kier molecular flexibility index (Phi) is 8.93. The molecular weight excluding hydrogens is 877 g/mol. The van der Waals surface area contributed by atoms with Gasteiger partial charge >= 0.3 is 0 Å². The molecule has 11 aromatic rings. The van der Waals surface area contributed by atoms with Crippen LogP contribution in [0.25, 0.3) is 98.7 Å². The fraction of sp³-hybridized carbons (Fsp3) is 0.115. The Hall–Kier alpha value is -6.13. The zero-order valence-corrected chi connectivity index (χ0v) is 33.7. The standard InChI is InChI=1S/C29H16NO.C23H20NO.Ir/c1-2-6-19-14-26-21(13-18(19)5-1)9-12-25-24-11-10-22(16-28(24)31-29(25)26)27-15-20-7-3-4-8-23(20)17-30-27;1-15-9-11-21(24-14-15)19-8-4-7-18-20-13-17(16-5-2-3-6-16)10-12-22(20)25-23(18)19;/h1-9,11-17H;4,7,9-14,16H,2-3,5-6H2,1H3;/q2*-1;. The quantitative estimate of drug-likeness (QED) is 0.131. The summed E-state index contributed by atoms with van der Waals surface area (Å²) in [5.74, 6) is 0.711. The van der Waals surface area contributed by atoms with Crippen LogP contribution in [0.3, 0.4) is 0 Å². The van der Waals surface area contributed by atoms with E-state index in [-0.39, 0.29) is 20.1 Å². The van der Waals surface area contributed by atoms with E-state index in [0.29, 0.717) is 5.92 Å². The topological polar surface area (TPSA) is 52.1 Å². The monoisotopic (exact) mass is 913 g/mol. The number of hydrogen-bond acceptors (Lipinski definition) is 4. The molecule has 57 heavy (non-hydrogen) atoms. The molecule has 0 amide bonds. The zero-order valence-electron chi connectivity index (χ0n) is 31.3. The average molecular weight is 913 g/mol. The van der Waals surface area contributed by atoms with Gasteiger partial charge in [-0.05, 0) is 105 Å². The van der Waals surface area contributed by atoms with E-state index < -0.39 is 0 Å². The van der Waals surface area contributed by atoms with E-state index in [1.807, 2.05) is 49.6 Å². The Morgan fingerprint density at radius 3 is 2.09 bits per heavy atom. The largest absolute Gasteiger partial charge is 0.501 e. The summed E-state index contributed by atoms with van der Waals surface area (Å²) in [5, 5.41) is 11.6. The second-order valence-electron chi connectivity index (χ2n) is 15.2. The molecule has 0 N–H and O–H groups in total. The molecule has 1 aliphatic rings. The number of furan rings is 2. The van der Waals surface area contributed by atoms with Crippen molar-refractivity contribution in [1.29, 1.82) is 0 Å². The molecule has 0 unspecified atom stereocenters. The number of rotatable bonds is 3. The van der Waals surface area contributed by atoms with Crippen molar-refractivity contribution in [3.63, 3.8) is 0 Å². The van der Waals surface area contributed by atoms with E-state index in [1.54, 1.807) is 0 Å². The van der Waals surface area contributed by atoms with Gasteiger partial charge in [-0.2, -0.15) is 0 Å². The Bertz CT molecular complexity index is 3280. The van der Waals surface area contributed by atoms with E-state index in [4.69, 9.17) is 8.83 Å². The fourth-order valence-corrected chi connectivity index (χ4v) is 8.64. The SMILES string of the molecule is Cc1ccc(-c2[c-]ccc3c2oc2ccc(C4CCCC4)cc23)nc1.[Ir].[c-]1cc2c(cc1-c1cc3ccccc3cn1)oc1c3cc4ccccc4cc3ccc21. The van der Waals surface area contributed by atoms with Crippen molar-refractivity contribution in [2.45, 2.75) is 38.5 Å². The molecule has 1 aliphatic carbocycles. The van der Waals surface area contributed by atoms with E-state index in [0.717, 1.165) is 77.3 Å². The van der Waals surface area contributed by atoms with Gasteiger partial charge in [-0.1, -0.05) is 120 Å². The number of nitrogens with zero attached hydrogens (tertiary/aromatic N) is 2. The van der Waals surface area contributed by atoms with Crippen LogP contribution in [0.1, 0.15) is 42.7 Å². The molecule has 4 heterocycles. The molecule has 1 radical (unpaired) electrons. The number of fused-ring (bicyclic) bond motifs is 10. The summed E-state index contributed by atoms with van der Waals surface area (Å²) in [6, 6.07) is 53.4. The van der Waals surface area contributed by atoms with E-state index in [2.05, 4.69) is 125 Å². The second kappa shape index (κ2) is 14.4. The van der Waals surface area contributed by atoms with Gasteiger partial charge in [-0.3, -0.25) is 0 Å². The predicted octanol–water partition coefficient (Wildman–Crippen LogP) is 14.3. The first-order valence-corrected chi connectivity index (χ1v) is 19.5. The molecule has 277 valence electrons. The molecule has 5 heteroatoms. The number of pyridine rings is 2. The van der Waals surface area contributed by atoms with Crippen LogP contribution < -0.4 is 0 Å². The maximum atomic E-state index is 6.42. The molecule has 7 aromatic carbocycles. The molecule has 0 bridgehead atoms. The third kappa shape index (κ3) is 6.28. The van der Waals surface area contributed by atoms with Crippen LogP contribution in [0.4, 0.5) is 0 Å². The van der Waals surface area contributed by atoms with Crippen molar-refractivity contribution in [3.05, 3.63) is 169 Å². The summed E-state index contributed by atoms with van der Waals surface area (Å²) in [4.78, 5) is 9.21. The Labute approximate surface area is 343 Å². The number of hydrogen-bond donors (Lipinski definition) is 0. The molecule has 0 spiro atoms. The molecule has 1 fully saturated rings. The van der Waals surface area contributed by atoms with Crippen LogP contribution in [-0.4, -0.2) is 9.97 Å². The molecule has 0 saturated heterocycles. The van der Waals surface area contributed by atoms with Crippen molar-refractivity contribution in [2.24, 2.45) is 0 Å². The summed E-state index contributed by atoms with van der Waals surface area (Å²) in [5.41, 5.74) is 9.92. The Morgan fingerprint density at radius 2 is 1.28 bits per heavy atom. The molecule has 4 nitrogen and oxygen atoms in total. The minimum Gasteiger partial charge on any atom is -0.501 e. The van der Waals surface area contributed by atoms with Crippen LogP contribution in [-0.2, 0) is 20.1 Å². The molecular formula is C52H36IrN2O2-2. The van der Waals surface area contributed by atoms with Crippen LogP contribution >= 0.6 is 0 Å². The van der Waals surface area contributed by atoms with Gasteiger partial charge in [0.25, 0.3) is 0 Å². The fourth-order valence-electron chi connectivity index (χ4n) is 8.64. The maximum absolute atomic E-state index is 6.42. The predicted molar refractivity (Wildman–Crippen MR) is 230 cm³/mol. The number of benzene rings is 7. The van der Waals surface area contributed by atoms with E-state index >= 15 is 0 Å². The van der Waals surface area contributed by atoms with Crippen molar-refractivity contribution in [3.8, 4) is 22.5 Å². The number of aromatic nitrogens is 2. The summed E-state index contributed by atoms with van der Waals surface area (Å²) >= 11 is 0. The first-order valence-electron chi connectivity index (χ1n) is 19.5. The van der Waals surface area contributed by atoms with Crippen LogP contribution in [0.2, 0.25) is 0 Å². The van der Waals surface area contributed by atoms with Gasteiger partial charge in [0.15, 0.2) is 0 Å². The summed E-state index contributed by atoms with van der Waals surface area (Å²) in [6.07, 6.45) is 9.14. The second-order valence-corrected chi connectivity index (χ2v) is 15.2. The summed E-state index contributed by atoms with van der Waals surface area (Å²) < 4.78 is 12.6. The van der Waals surface area contributed by atoms with Gasteiger partial charge in [0.1, 0.15) is 11.2 Å². The first-order chi connectivity index (χ1) is 27.6. The van der Waals surface area contributed by atoms with Crippen LogP contribution in [0.15, 0.2) is 155 Å². The summed E-state index contributed by atoms with van der Waals surface area (Å²) in [6.45, 7) is 2.05. The third-order valence-corrected chi connectivity index (χ3v) is 11.6. The Morgan fingerprint density at radius 1 is 0.544 bits per heavy atom. The smallest absolute Gasteiger partial charge is 0.131 e. The van der Waals surface area contributed by atoms with Crippen molar-refractivity contribution >= 4 is 76.2 Å². The maximum Gasteiger partial charge on any atom is 0.131 e. The van der Waals surface area contributed by atoms with Crippen molar-refractivity contribution in [1.82, 2.24) is 9.97 Å². The normalized spacial score (nSPS) is 13.2. The molecule has 1 saturated carbocycles. The van der Waals surface area contributed by atoms with Gasteiger partial charge in [-0.15, -0.1) is 35.9 Å². The first kappa shape index (κ1) is 35.3. The van der Waals surface area contributed by atoms with Crippen molar-refractivity contribution in [2.75, 3.05) is 0 Å². The van der Waals surface area contributed by atoms with Gasteiger partial charge in [0, 0.05) is 43.3 Å². The van der Waals surface area contributed by atoms with Crippen molar-refractivity contribution < 1.29 is 28.9 Å². The molecule has 4 aromatic heterocycles. The molecule has 0 aliphatic heterocycles. The van der Waals surface area contributed by atoms with Gasteiger partial charge in [0.2, 0.25) is 0 Å². The minimum atomic E-state index is 0. The Balaban J connectivity index is 0.000000140. The minimum absolute atomic E-state index is 0. The van der Waals surface area contributed by atoms with Crippen LogP contribution in [0.5, 0.6) is 0 Å². The van der Waals surface area contributed by atoms with Gasteiger partial charge in [-0.25, -0.2) is 0 Å². The van der Waals surface area contributed by atoms with E-state index in [9.17, 15) is 0 Å². The molecule has 0 atom stereocenters. The van der Waals surface area contributed by atoms with Crippen LogP contribution in [0, 0.1) is 19.1 Å². The van der Waals surface area contributed by atoms with E-state index in [1.165, 1.54) is 58.2 Å². The zero-order chi connectivity index (χ0) is 37.2. The molecule has 12 rings (SSSR count). The summed E-state index contributed by atoms with van der Waals surface area (Å²) in [7, 11) is 0. The van der Waals surface area contributed by atoms with Gasteiger partial charge in [0.05, 0.1) is 11.2 Å². The van der Waals surface area contributed by atoms with Gasteiger partial charge < -0.3 is 18.8 Å². The number of aryl methyl sites for hydroxylation is 1. The third-order valence-electron chi connectivity index (χ3n) is 11.6.